The lowest BCUT2D eigenvalue weighted by Crippen LogP contribution is -2.44. The van der Waals surface area contributed by atoms with Crippen LogP contribution >= 0.6 is 0 Å². The van der Waals surface area contributed by atoms with Crippen LogP contribution in [0.1, 0.15) is 37.0 Å². The third kappa shape index (κ3) is 3.01. The normalized spacial score (nSPS) is 30.5. The van der Waals surface area contributed by atoms with Gasteiger partial charge in [0.2, 0.25) is 5.88 Å². The third-order valence-corrected chi connectivity index (χ3v) is 9.20. The molecule has 9 rings (SSSR count). The number of pyridine rings is 2. The molecule has 8 heterocycles. The number of fused-ring (bicyclic) bond motifs is 3. The summed E-state index contributed by atoms with van der Waals surface area (Å²) in [4.78, 5) is 32.3. The number of rotatable bonds is 7. The van der Waals surface area contributed by atoms with Gasteiger partial charge in [-0.3, -0.25) is 9.69 Å². The van der Waals surface area contributed by atoms with Gasteiger partial charge in [0.05, 0.1) is 30.0 Å². The quantitative estimate of drug-likeness (QED) is 0.351. The minimum atomic E-state index is -0.0680. The first-order valence-corrected chi connectivity index (χ1v) is 13.5. The molecule has 0 aromatic carbocycles. The Morgan fingerprint density at radius 2 is 1.95 bits per heavy atom. The van der Waals surface area contributed by atoms with Crippen LogP contribution in [0.3, 0.4) is 0 Å². The summed E-state index contributed by atoms with van der Waals surface area (Å²) in [5, 5.41) is 1.03. The molecule has 0 N–H and O–H groups in total. The molecule has 1 amide bonds. The van der Waals surface area contributed by atoms with Gasteiger partial charge in [-0.2, -0.15) is 4.98 Å². The van der Waals surface area contributed by atoms with Crippen LogP contribution in [0.5, 0.6) is 5.88 Å². The molecule has 10 heteroatoms. The van der Waals surface area contributed by atoms with Crippen LogP contribution in [0.4, 0.5) is 0 Å². The molecule has 1 unspecified atom stereocenters. The molecule has 4 aromatic heterocycles. The van der Waals surface area contributed by atoms with Gasteiger partial charge in [0.25, 0.3) is 5.91 Å². The number of carbonyl (C=O) groups is 1. The maximum atomic E-state index is 13.3. The lowest BCUT2D eigenvalue weighted by molar-refractivity contribution is -0.0937. The second-order valence-electron chi connectivity index (χ2n) is 11.5. The smallest absolute Gasteiger partial charge is 0.256 e. The zero-order valence-corrected chi connectivity index (χ0v) is 22.1. The molecular formula is C28H31N7O3. The molecule has 38 heavy (non-hydrogen) atoms. The summed E-state index contributed by atoms with van der Waals surface area (Å²) in [7, 11) is 3.42. The van der Waals surface area contributed by atoms with Gasteiger partial charge in [-0.15, -0.1) is 0 Å². The third-order valence-electron chi connectivity index (χ3n) is 9.20. The molecule has 196 valence electrons. The van der Waals surface area contributed by atoms with Crippen LogP contribution in [0.2, 0.25) is 0 Å². The number of piperazine rings is 1. The molecule has 5 aliphatic rings. The number of hydrogen-bond donors (Lipinski definition) is 0. The molecule has 0 spiro atoms. The van der Waals surface area contributed by atoms with Gasteiger partial charge in [0.1, 0.15) is 17.3 Å². The number of nitrogens with zero attached hydrogens (tertiary/aromatic N) is 7. The van der Waals surface area contributed by atoms with Crippen LogP contribution in [-0.2, 0) is 17.8 Å². The Balaban J connectivity index is 1.23. The van der Waals surface area contributed by atoms with Crippen molar-refractivity contribution >= 4 is 28.1 Å². The van der Waals surface area contributed by atoms with Crippen molar-refractivity contribution in [2.45, 2.75) is 63.6 Å². The molecule has 4 saturated heterocycles. The minimum Gasteiger partial charge on any atom is -0.481 e. The number of carbonyl (C=O) groups excluding carboxylic acids is 1. The predicted octanol–water partition coefficient (Wildman–Crippen LogP) is 3.14. The fourth-order valence-electron chi connectivity index (χ4n) is 7.03. The van der Waals surface area contributed by atoms with Crippen molar-refractivity contribution in [3.05, 3.63) is 36.0 Å². The molecule has 4 aromatic rings. The molecule has 2 bridgehead atoms. The Hall–Kier alpha value is -3.50. The highest BCUT2D eigenvalue weighted by Gasteiger charge is 2.80. The van der Waals surface area contributed by atoms with E-state index in [0.29, 0.717) is 35.6 Å². The summed E-state index contributed by atoms with van der Waals surface area (Å²) >= 11 is 0. The topological polar surface area (TPSA) is 90.3 Å². The first-order chi connectivity index (χ1) is 18.4. The van der Waals surface area contributed by atoms with E-state index in [-0.39, 0.29) is 11.5 Å². The van der Waals surface area contributed by atoms with Crippen LogP contribution in [0, 0.1) is 5.92 Å². The van der Waals surface area contributed by atoms with E-state index < -0.39 is 0 Å². The Bertz CT molecular complexity index is 1620. The molecule has 5 fully saturated rings. The number of hydrogen-bond acceptors (Lipinski definition) is 7. The summed E-state index contributed by atoms with van der Waals surface area (Å²) in [6.07, 6.45) is 4.03. The van der Waals surface area contributed by atoms with Gasteiger partial charge < -0.3 is 23.5 Å². The first-order valence-electron chi connectivity index (χ1n) is 13.5. The van der Waals surface area contributed by atoms with Crippen LogP contribution in [-0.4, -0.2) is 84.4 Å². The Morgan fingerprint density at radius 1 is 1.13 bits per heavy atom. The number of amides is 1. The summed E-state index contributed by atoms with van der Waals surface area (Å²) < 4.78 is 15.5. The van der Waals surface area contributed by atoms with E-state index >= 15 is 0 Å². The van der Waals surface area contributed by atoms with Crippen LogP contribution < -0.4 is 4.74 Å². The van der Waals surface area contributed by atoms with Crippen molar-refractivity contribution in [3.8, 4) is 17.4 Å². The van der Waals surface area contributed by atoms with Gasteiger partial charge >= 0.3 is 0 Å². The number of ether oxygens (including phenoxy) is 2. The molecule has 10 nitrogen and oxygen atoms in total. The summed E-state index contributed by atoms with van der Waals surface area (Å²) in [5.41, 5.74) is 3.95. The van der Waals surface area contributed by atoms with E-state index in [0.717, 1.165) is 66.2 Å². The van der Waals surface area contributed by atoms with E-state index in [1.807, 2.05) is 23.1 Å². The fraction of sp³-hybridized carbons (Fsp3) is 0.500. The van der Waals surface area contributed by atoms with E-state index in [2.05, 4.69) is 33.9 Å². The van der Waals surface area contributed by atoms with Crippen LogP contribution in [0.25, 0.3) is 33.7 Å². The highest BCUT2D eigenvalue weighted by Crippen LogP contribution is 2.59. The number of methoxy groups -OCH3 is 2. The van der Waals surface area contributed by atoms with Crippen LogP contribution in [0.15, 0.2) is 30.5 Å². The predicted molar refractivity (Wildman–Crippen MR) is 141 cm³/mol. The minimum absolute atomic E-state index is 0.0572. The van der Waals surface area contributed by atoms with Crippen molar-refractivity contribution in [3.63, 3.8) is 0 Å². The lowest BCUT2D eigenvalue weighted by Gasteiger charge is -2.44. The molecule has 0 radical (unpaired) electrons. The molecule has 4 aliphatic heterocycles. The summed E-state index contributed by atoms with van der Waals surface area (Å²) in [6, 6.07) is 9.19. The summed E-state index contributed by atoms with van der Waals surface area (Å²) in [6.45, 7) is 6.64. The van der Waals surface area contributed by atoms with E-state index in [1.165, 1.54) is 0 Å². The highest BCUT2D eigenvalue weighted by molar-refractivity contribution is 5.98. The molecular weight excluding hydrogens is 482 g/mol. The maximum Gasteiger partial charge on any atom is 0.256 e. The van der Waals surface area contributed by atoms with Crippen molar-refractivity contribution in [2.75, 3.05) is 20.8 Å². The fourth-order valence-corrected chi connectivity index (χ4v) is 7.03. The number of imidazole rings is 1. The second kappa shape index (κ2) is 7.54. The molecule has 4 atom stereocenters. The first kappa shape index (κ1) is 22.5. The van der Waals surface area contributed by atoms with Gasteiger partial charge in [-0.1, -0.05) is 0 Å². The van der Waals surface area contributed by atoms with Crippen molar-refractivity contribution in [1.82, 2.24) is 33.9 Å². The summed E-state index contributed by atoms with van der Waals surface area (Å²) in [5.74, 6) is 1.95. The van der Waals surface area contributed by atoms with Crippen molar-refractivity contribution < 1.29 is 14.3 Å². The maximum absolute atomic E-state index is 13.3. The highest BCUT2D eigenvalue weighted by atomic mass is 16.5. The monoisotopic (exact) mass is 513 g/mol. The Morgan fingerprint density at radius 3 is 2.63 bits per heavy atom. The average Bonchev–Trinajstić information content (AvgIpc) is 3.52. The van der Waals surface area contributed by atoms with E-state index in [4.69, 9.17) is 24.4 Å². The Kier molecular flexibility index (Phi) is 4.46. The zero-order valence-electron chi connectivity index (χ0n) is 22.1. The molecule has 1 saturated carbocycles. The van der Waals surface area contributed by atoms with Gasteiger partial charge in [-0.05, 0) is 50.8 Å². The number of aromatic nitrogens is 5. The standard InChI is InChI=1S/C28H31N7O3/c1-5-32-19(9-16-6-7-21(37-3)31-23(16)32)25-30-18-8-17(27(36)34-14-20-22-26(34)35(20)22)12-29-24(18)33(25)13-15-10-28(2,11-15)38-4/h6-9,12,15,20,22,26H,5,10-11,13-14H2,1-4H3/t15-,20-,22-,26-,28+,35?/m1/s1. The van der Waals surface area contributed by atoms with Crippen molar-refractivity contribution in [1.29, 1.82) is 0 Å². The van der Waals surface area contributed by atoms with E-state index in [1.54, 1.807) is 20.4 Å². The average molecular weight is 514 g/mol. The van der Waals surface area contributed by atoms with E-state index in [9.17, 15) is 4.79 Å². The van der Waals surface area contributed by atoms with Crippen molar-refractivity contribution in [2.24, 2.45) is 5.92 Å². The second-order valence-corrected chi connectivity index (χ2v) is 11.5. The number of aryl methyl sites for hydroxylation is 1. The Labute approximate surface area is 220 Å². The van der Waals surface area contributed by atoms with Gasteiger partial charge in [0.15, 0.2) is 11.5 Å². The zero-order chi connectivity index (χ0) is 25.9. The van der Waals surface area contributed by atoms with Gasteiger partial charge in [-0.25, -0.2) is 9.97 Å². The lowest BCUT2D eigenvalue weighted by atomic mass is 9.72. The SMILES string of the molecule is CCn1c(-c2nc3cc(C(=O)N4C[C@@H]5[C@@H]6[C@H]4N65)cnc3n2C[C@H]2C[C@@](C)(OC)C2)cc2ccc(OC)nc21. The van der Waals surface area contributed by atoms with Gasteiger partial charge in [0, 0.05) is 50.4 Å². The molecule has 1 aliphatic carbocycles. The largest absolute Gasteiger partial charge is 0.481 e.